The number of likely N-dealkylation sites (N-methyl/N-ethyl adjacent to an activating group) is 1. The molecule has 3 aliphatic rings. The van der Waals surface area contributed by atoms with Crippen molar-refractivity contribution in [2.75, 3.05) is 27.3 Å². The molecule has 1 heterocycles. The zero-order valence-corrected chi connectivity index (χ0v) is 14.2. The highest BCUT2D eigenvalue weighted by Gasteiger charge is 2.50. The van der Waals surface area contributed by atoms with E-state index in [0.29, 0.717) is 12.0 Å². The lowest BCUT2D eigenvalue weighted by molar-refractivity contribution is -0.0102. The van der Waals surface area contributed by atoms with Gasteiger partial charge >= 0.3 is 0 Å². The van der Waals surface area contributed by atoms with E-state index in [4.69, 9.17) is 4.74 Å². The number of aromatic nitrogens is 3. The molecule has 2 atom stereocenters. The molecule has 0 N–H and O–H groups in total. The van der Waals surface area contributed by atoms with Gasteiger partial charge in [-0.15, -0.1) is 10.2 Å². The van der Waals surface area contributed by atoms with Crippen LogP contribution in [0.25, 0.3) is 0 Å². The minimum Gasteiger partial charge on any atom is -0.383 e. The van der Waals surface area contributed by atoms with Gasteiger partial charge in [0.05, 0.1) is 13.2 Å². The van der Waals surface area contributed by atoms with E-state index in [9.17, 15) is 0 Å². The van der Waals surface area contributed by atoms with Gasteiger partial charge < -0.3 is 9.30 Å². The third-order valence-corrected chi connectivity index (χ3v) is 5.68. The van der Waals surface area contributed by atoms with E-state index in [0.717, 1.165) is 37.3 Å². The molecule has 1 aromatic heterocycles. The SMILES string of the molecule is COCCn1cnnc1CN(C)CC1=CC[C@H]2C[C@@H]1C2(C)C. The number of hydrogen-bond acceptors (Lipinski definition) is 4. The topological polar surface area (TPSA) is 43.2 Å². The number of ether oxygens (including phenoxy) is 1. The van der Waals surface area contributed by atoms with E-state index < -0.39 is 0 Å². The molecule has 0 unspecified atom stereocenters. The molecule has 2 bridgehead atoms. The summed E-state index contributed by atoms with van der Waals surface area (Å²) in [6.45, 7) is 8.24. The van der Waals surface area contributed by atoms with Crippen molar-refractivity contribution in [2.24, 2.45) is 17.3 Å². The second-order valence-corrected chi connectivity index (χ2v) is 7.43. The van der Waals surface area contributed by atoms with Crippen LogP contribution in [0, 0.1) is 17.3 Å². The van der Waals surface area contributed by atoms with Gasteiger partial charge in [-0.2, -0.15) is 0 Å². The summed E-state index contributed by atoms with van der Waals surface area (Å²) in [5.74, 6) is 2.70. The van der Waals surface area contributed by atoms with Crippen LogP contribution in [-0.4, -0.2) is 47.0 Å². The number of methoxy groups -OCH3 is 1. The maximum absolute atomic E-state index is 5.14. The molecule has 122 valence electrons. The standard InChI is InChI=1S/C17H28N4O/c1-17(2)14-6-5-13(15(17)9-14)10-20(3)11-16-19-18-12-21(16)7-8-22-4/h5,12,14-15H,6-11H2,1-4H3/t14-,15-/m0/s1. The summed E-state index contributed by atoms with van der Waals surface area (Å²) in [6, 6.07) is 0. The first-order valence-corrected chi connectivity index (χ1v) is 8.25. The Kier molecular flexibility index (Phi) is 4.37. The Morgan fingerprint density at radius 2 is 2.23 bits per heavy atom. The second-order valence-electron chi connectivity index (χ2n) is 7.43. The van der Waals surface area contributed by atoms with Crippen molar-refractivity contribution in [3.63, 3.8) is 0 Å². The number of hydrogen-bond donors (Lipinski definition) is 0. The average Bonchev–Trinajstić information content (AvgIpc) is 2.92. The van der Waals surface area contributed by atoms with Crippen LogP contribution in [0.3, 0.4) is 0 Å². The van der Waals surface area contributed by atoms with Gasteiger partial charge in [-0.05, 0) is 37.1 Å². The van der Waals surface area contributed by atoms with E-state index >= 15 is 0 Å². The van der Waals surface area contributed by atoms with Crippen molar-refractivity contribution in [1.82, 2.24) is 19.7 Å². The highest BCUT2D eigenvalue weighted by atomic mass is 16.5. The molecule has 0 aromatic carbocycles. The van der Waals surface area contributed by atoms with Gasteiger partial charge in [-0.1, -0.05) is 25.5 Å². The van der Waals surface area contributed by atoms with Crippen molar-refractivity contribution in [1.29, 1.82) is 0 Å². The molecule has 1 saturated carbocycles. The van der Waals surface area contributed by atoms with Crippen LogP contribution in [0.1, 0.15) is 32.5 Å². The zero-order valence-electron chi connectivity index (χ0n) is 14.2. The van der Waals surface area contributed by atoms with Crippen LogP contribution in [0.15, 0.2) is 18.0 Å². The monoisotopic (exact) mass is 304 g/mol. The normalized spacial score (nSPS) is 26.0. The van der Waals surface area contributed by atoms with E-state index in [1.165, 1.54) is 12.8 Å². The zero-order chi connectivity index (χ0) is 15.7. The minimum atomic E-state index is 0.503. The van der Waals surface area contributed by atoms with Gasteiger partial charge in [-0.25, -0.2) is 0 Å². The highest BCUT2D eigenvalue weighted by molar-refractivity contribution is 5.24. The van der Waals surface area contributed by atoms with Crippen LogP contribution in [0.2, 0.25) is 0 Å². The molecule has 0 aliphatic heterocycles. The predicted molar refractivity (Wildman–Crippen MR) is 86.3 cm³/mol. The van der Waals surface area contributed by atoms with Crippen molar-refractivity contribution in [3.8, 4) is 0 Å². The lowest BCUT2D eigenvalue weighted by Gasteiger charge is -2.57. The third-order valence-electron chi connectivity index (χ3n) is 5.68. The number of rotatable bonds is 7. The molecular formula is C17H28N4O. The van der Waals surface area contributed by atoms with E-state index in [1.54, 1.807) is 19.0 Å². The molecule has 22 heavy (non-hydrogen) atoms. The Bertz CT molecular complexity index is 549. The summed E-state index contributed by atoms with van der Waals surface area (Å²) < 4.78 is 7.22. The van der Waals surface area contributed by atoms with Crippen LogP contribution in [0.4, 0.5) is 0 Å². The van der Waals surface area contributed by atoms with E-state index in [1.807, 2.05) is 0 Å². The van der Waals surface area contributed by atoms with Gasteiger partial charge in [0.25, 0.3) is 0 Å². The van der Waals surface area contributed by atoms with Gasteiger partial charge in [0.2, 0.25) is 0 Å². The molecular weight excluding hydrogens is 276 g/mol. The summed E-state index contributed by atoms with van der Waals surface area (Å²) in [5, 5.41) is 8.29. The van der Waals surface area contributed by atoms with Gasteiger partial charge in [-0.3, -0.25) is 4.90 Å². The molecule has 5 heteroatoms. The second kappa shape index (κ2) is 6.13. The number of allylic oxidation sites excluding steroid dienone is 1. The third kappa shape index (κ3) is 2.84. The quantitative estimate of drug-likeness (QED) is 0.725. The fourth-order valence-electron chi connectivity index (χ4n) is 4.04. The Balaban J connectivity index is 1.58. The lowest BCUT2D eigenvalue weighted by Crippen LogP contribution is -2.49. The smallest absolute Gasteiger partial charge is 0.147 e. The van der Waals surface area contributed by atoms with Gasteiger partial charge in [0.1, 0.15) is 12.2 Å². The van der Waals surface area contributed by atoms with Gasteiger partial charge in [0.15, 0.2) is 0 Å². The van der Waals surface area contributed by atoms with Crippen LogP contribution in [0.5, 0.6) is 0 Å². The molecule has 1 aromatic rings. The first-order valence-electron chi connectivity index (χ1n) is 8.25. The summed E-state index contributed by atoms with van der Waals surface area (Å²) in [6.07, 6.45) is 6.92. The minimum absolute atomic E-state index is 0.503. The lowest BCUT2D eigenvalue weighted by atomic mass is 9.49. The molecule has 3 aliphatic carbocycles. The number of fused-ring (bicyclic) bond motifs is 1. The summed E-state index contributed by atoms with van der Waals surface area (Å²) in [5.41, 5.74) is 2.13. The highest BCUT2D eigenvalue weighted by Crippen LogP contribution is 2.59. The Labute approximate surface area is 133 Å². The van der Waals surface area contributed by atoms with Crippen LogP contribution >= 0.6 is 0 Å². The first kappa shape index (κ1) is 15.7. The number of nitrogens with zero attached hydrogens (tertiary/aromatic N) is 4. The van der Waals surface area contributed by atoms with Crippen molar-refractivity contribution < 1.29 is 4.74 Å². The fourth-order valence-corrected chi connectivity index (χ4v) is 4.04. The maximum atomic E-state index is 5.14. The molecule has 0 saturated heterocycles. The predicted octanol–water partition coefficient (Wildman–Crippen LogP) is 2.35. The molecule has 1 fully saturated rings. The molecule has 5 nitrogen and oxygen atoms in total. The molecule has 0 radical (unpaired) electrons. The largest absolute Gasteiger partial charge is 0.383 e. The average molecular weight is 304 g/mol. The molecule has 4 rings (SSSR count). The Morgan fingerprint density at radius 3 is 2.91 bits per heavy atom. The fraction of sp³-hybridized carbons (Fsp3) is 0.765. The van der Waals surface area contributed by atoms with E-state index in [-0.39, 0.29) is 0 Å². The van der Waals surface area contributed by atoms with Gasteiger partial charge in [0, 0.05) is 20.2 Å². The summed E-state index contributed by atoms with van der Waals surface area (Å²) >= 11 is 0. The molecule has 0 spiro atoms. The van der Waals surface area contributed by atoms with Crippen molar-refractivity contribution >= 4 is 0 Å². The Hall–Kier alpha value is -1.20. The van der Waals surface area contributed by atoms with E-state index in [2.05, 4.69) is 46.6 Å². The Morgan fingerprint density at radius 1 is 1.41 bits per heavy atom. The first-order chi connectivity index (χ1) is 10.5. The van der Waals surface area contributed by atoms with Crippen LogP contribution in [-0.2, 0) is 17.8 Å². The maximum Gasteiger partial charge on any atom is 0.147 e. The molecule has 0 amide bonds. The van der Waals surface area contributed by atoms with Crippen molar-refractivity contribution in [3.05, 3.63) is 23.8 Å². The van der Waals surface area contributed by atoms with Crippen LogP contribution < -0.4 is 0 Å². The van der Waals surface area contributed by atoms with Crippen molar-refractivity contribution in [2.45, 2.75) is 39.8 Å². The summed E-state index contributed by atoms with van der Waals surface area (Å²) in [4.78, 5) is 2.36. The summed E-state index contributed by atoms with van der Waals surface area (Å²) in [7, 11) is 3.90.